The average Bonchev–Trinajstić information content (AvgIpc) is 2.20. The van der Waals surface area contributed by atoms with E-state index in [0.717, 1.165) is 6.42 Å². The first-order chi connectivity index (χ1) is 4.67. The van der Waals surface area contributed by atoms with E-state index in [1.165, 1.54) is 0 Å². The summed E-state index contributed by atoms with van der Waals surface area (Å²) in [7, 11) is 0. The van der Waals surface area contributed by atoms with E-state index in [9.17, 15) is 0 Å². The maximum Gasteiger partial charge on any atom is 0.280 e. The van der Waals surface area contributed by atoms with Gasteiger partial charge in [-0.15, -0.1) is 0 Å². The van der Waals surface area contributed by atoms with Crippen LogP contribution in [0.4, 0.5) is 0 Å². The molecule has 0 bridgehead atoms. The fourth-order valence-electron chi connectivity index (χ4n) is 1.51. The maximum atomic E-state index is 8.95. The predicted molar refractivity (Wildman–Crippen MR) is 30.7 cm³/mol. The van der Waals surface area contributed by atoms with Crippen molar-refractivity contribution in [2.75, 3.05) is 6.61 Å². The minimum absolute atomic E-state index is 0.176. The van der Waals surface area contributed by atoms with Gasteiger partial charge in [0.15, 0.2) is 6.29 Å². The van der Waals surface area contributed by atoms with Crippen LogP contribution in [0.5, 0.6) is 0 Å². The summed E-state index contributed by atoms with van der Waals surface area (Å²) in [4.78, 5) is 0. The summed E-state index contributed by atoms with van der Waals surface area (Å²) in [5.41, 5.74) is 0. The molecular weight excluding hydrogens is 136 g/mol. The highest BCUT2D eigenvalue weighted by molar-refractivity contribution is 4.79. The molecule has 2 fully saturated rings. The molecule has 2 heterocycles. The van der Waals surface area contributed by atoms with Gasteiger partial charge in [-0.3, -0.25) is 4.74 Å². The normalized spacial score (nSPS) is 43.8. The second-order valence-electron chi connectivity index (χ2n) is 2.85. The monoisotopic (exact) mass is 146 g/mol. The van der Waals surface area contributed by atoms with Crippen molar-refractivity contribution in [2.45, 2.75) is 25.1 Å². The molecule has 2 N–H and O–H groups in total. The molecule has 0 radical (unpaired) electrons. The summed E-state index contributed by atoms with van der Waals surface area (Å²) in [6.45, 7) is 0.672. The fraction of sp³-hybridized carbons (Fsp3) is 1.00. The van der Waals surface area contributed by atoms with Crippen LogP contribution >= 0.6 is 0 Å². The summed E-state index contributed by atoms with van der Waals surface area (Å²) >= 11 is 0. The summed E-state index contributed by atoms with van der Waals surface area (Å²) in [6, 6.07) is 0. The minimum atomic E-state index is -1.93. The molecule has 0 aromatic rings. The molecule has 4 heteroatoms. The highest BCUT2D eigenvalue weighted by Crippen LogP contribution is 2.37. The third-order valence-corrected chi connectivity index (χ3v) is 1.99. The molecule has 0 spiro atoms. The highest BCUT2D eigenvalue weighted by atomic mass is 16.8. The van der Waals surface area contributed by atoms with E-state index in [0.29, 0.717) is 6.61 Å². The number of aliphatic hydroxyl groups is 2. The van der Waals surface area contributed by atoms with Crippen LogP contribution in [0.2, 0.25) is 0 Å². The molecule has 2 atom stereocenters. The summed E-state index contributed by atoms with van der Waals surface area (Å²) in [6.07, 6.45) is 0.764. The second-order valence-corrected chi connectivity index (χ2v) is 2.85. The van der Waals surface area contributed by atoms with Crippen molar-refractivity contribution in [1.82, 2.24) is 0 Å². The lowest BCUT2D eigenvalue weighted by atomic mass is 10.1. The van der Waals surface area contributed by atoms with Gasteiger partial charge < -0.3 is 14.9 Å². The van der Waals surface area contributed by atoms with Gasteiger partial charge >= 0.3 is 0 Å². The van der Waals surface area contributed by atoms with Gasteiger partial charge in [0.1, 0.15) is 0 Å². The molecular formula is C6H10O4. The van der Waals surface area contributed by atoms with Crippen LogP contribution in [0.15, 0.2) is 0 Å². The molecule has 0 aromatic carbocycles. The van der Waals surface area contributed by atoms with E-state index in [4.69, 9.17) is 19.7 Å². The van der Waals surface area contributed by atoms with Gasteiger partial charge in [-0.1, -0.05) is 0 Å². The van der Waals surface area contributed by atoms with E-state index in [2.05, 4.69) is 0 Å². The van der Waals surface area contributed by atoms with E-state index < -0.39 is 5.97 Å². The summed E-state index contributed by atoms with van der Waals surface area (Å²) < 4.78 is 9.83. The Labute approximate surface area is 58.4 Å². The Morgan fingerprint density at radius 3 is 2.90 bits per heavy atom. The van der Waals surface area contributed by atoms with Gasteiger partial charge in [0, 0.05) is 12.3 Å². The van der Waals surface area contributed by atoms with Crippen molar-refractivity contribution in [3.8, 4) is 0 Å². The van der Waals surface area contributed by atoms with E-state index in [-0.39, 0.29) is 18.6 Å². The minimum Gasteiger partial charge on any atom is -0.352 e. The van der Waals surface area contributed by atoms with Crippen LogP contribution in [-0.4, -0.2) is 29.1 Å². The number of ether oxygens (including phenoxy) is 2. The first-order valence-corrected chi connectivity index (χ1v) is 3.41. The molecule has 10 heavy (non-hydrogen) atoms. The Kier molecular flexibility index (Phi) is 1.25. The first-order valence-electron chi connectivity index (χ1n) is 3.41. The maximum absolute atomic E-state index is 8.95. The molecule has 0 saturated carbocycles. The van der Waals surface area contributed by atoms with Crippen LogP contribution in [0.1, 0.15) is 12.8 Å². The molecule has 2 rings (SSSR count). The Bertz CT molecular complexity index is 131. The van der Waals surface area contributed by atoms with Gasteiger partial charge in [-0.05, 0) is 6.42 Å². The van der Waals surface area contributed by atoms with E-state index >= 15 is 0 Å². The van der Waals surface area contributed by atoms with Gasteiger partial charge in [-0.2, -0.15) is 0 Å². The number of hydrogen-bond donors (Lipinski definition) is 2. The topological polar surface area (TPSA) is 58.9 Å². The van der Waals surface area contributed by atoms with E-state index in [1.54, 1.807) is 0 Å². The third kappa shape index (κ3) is 0.932. The Morgan fingerprint density at radius 2 is 2.20 bits per heavy atom. The zero-order chi connectivity index (χ0) is 7.19. The molecule has 58 valence electrons. The van der Waals surface area contributed by atoms with Crippen LogP contribution in [-0.2, 0) is 9.47 Å². The molecule has 0 aliphatic carbocycles. The molecule has 0 aromatic heterocycles. The van der Waals surface area contributed by atoms with Crippen molar-refractivity contribution < 1.29 is 19.7 Å². The van der Waals surface area contributed by atoms with Crippen LogP contribution in [0.25, 0.3) is 0 Å². The molecule has 2 saturated heterocycles. The second kappa shape index (κ2) is 1.92. The fourth-order valence-corrected chi connectivity index (χ4v) is 1.51. The average molecular weight is 146 g/mol. The summed E-state index contributed by atoms with van der Waals surface area (Å²) in [5, 5.41) is 17.9. The van der Waals surface area contributed by atoms with Gasteiger partial charge in [-0.25, -0.2) is 0 Å². The predicted octanol–water partition coefficient (Wildman–Crippen LogP) is -0.592. The molecule has 0 amide bonds. The third-order valence-electron chi connectivity index (χ3n) is 1.99. The smallest absolute Gasteiger partial charge is 0.280 e. The first kappa shape index (κ1) is 6.54. The number of rotatable bonds is 0. The Hall–Kier alpha value is -0.160. The molecule has 2 unspecified atom stereocenters. The van der Waals surface area contributed by atoms with Crippen molar-refractivity contribution >= 4 is 0 Å². The number of fused-ring (bicyclic) bond motifs is 1. The van der Waals surface area contributed by atoms with Crippen LogP contribution in [0, 0.1) is 5.92 Å². The van der Waals surface area contributed by atoms with Gasteiger partial charge in [0.05, 0.1) is 6.61 Å². The van der Waals surface area contributed by atoms with Gasteiger partial charge in [0.25, 0.3) is 5.97 Å². The lowest BCUT2D eigenvalue weighted by Crippen LogP contribution is -2.28. The van der Waals surface area contributed by atoms with E-state index in [1.807, 2.05) is 0 Å². The number of hydrogen-bond acceptors (Lipinski definition) is 4. The van der Waals surface area contributed by atoms with Crippen molar-refractivity contribution in [3.05, 3.63) is 0 Å². The molecule has 2 aliphatic rings. The molecule has 2 aliphatic heterocycles. The SMILES string of the molecule is OC1(O)CC2CCOC2O1. The molecule has 4 nitrogen and oxygen atoms in total. The van der Waals surface area contributed by atoms with Crippen LogP contribution in [0.3, 0.4) is 0 Å². The zero-order valence-electron chi connectivity index (χ0n) is 5.49. The lowest BCUT2D eigenvalue weighted by Gasteiger charge is -2.14. The van der Waals surface area contributed by atoms with Crippen molar-refractivity contribution in [1.29, 1.82) is 0 Å². The lowest BCUT2D eigenvalue weighted by molar-refractivity contribution is -0.350. The largest absolute Gasteiger partial charge is 0.352 e. The van der Waals surface area contributed by atoms with Crippen molar-refractivity contribution in [2.24, 2.45) is 5.92 Å². The standard InChI is InChI=1S/C6H10O4/c7-6(8)3-4-1-2-9-5(4)10-6/h4-5,7-8H,1-3H2. The Balaban J connectivity index is 2.07. The van der Waals surface area contributed by atoms with Crippen LogP contribution < -0.4 is 0 Å². The van der Waals surface area contributed by atoms with Gasteiger partial charge in [0.2, 0.25) is 0 Å². The highest BCUT2D eigenvalue weighted by Gasteiger charge is 2.47. The zero-order valence-corrected chi connectivity index (χ0v) is 5.49. The quantitative estimate of drug-likeness (QED) is 0.448. The summed E-state index contributed by atoms with van der Waals surface area (Å²) in [5.74, 6) is -1.76. The Morgan fingerprint density at radius 1 is 1.40 bits per heavy atom. The van der Waals surface area contributed by atoms with Crippen molar-refractivity contribution in [3.63, 3.8) is 0 Å².